The highest BCUT2D eigenvalue weighted by molar-refractivity contribution is 5.91. The van der Waals surface area contributed by atoms with Gasteiger partial charge in [0.05, 0.1) is 0 Å². The van der Waals surface area contributed by atoms with E-state index in [0.29, 0.717) is 16.6 Å². The average Bonchev–Trinajstić information content (AvgIpc) is 2.68. The third kappa shape index (κ3) is 1.32. The molecule has 0 bridgehead atoms. The molecule has 1 heteroatoms. The first-order chi connectivity index (χ1) is 7.02. The number of allylic oxidation sites excluding steroid dienone is 2. The second kappa shape index (κ2) is 2.75. The van der Waals surface area contributed by atoms with Crippen LogP contribution in [0.25, 0.3) is 0 Å². The highest BCUT2D eigenvalue weighted by atomic mass is 16.1. The number of hydrogen-bond acceptors (Lipinski definition) is 1. The molecule has 0 aliphatic heterocycles. The zero-order chi connectivity index (χ0) is 10.7. The van der Waals surface area contributed by atoms with E-state index in [1.807, 2.05) is 6.08 Å². The summed E-state index contributed by atoms with van der Waals surface area (Å²) >= 11 is 0. The van der Waals surface area contributed by atoms with Crippen LogP contribution in [-0.2, 0) is 4.79 Å². The highest BCUT2D eigenvalue weighted by Crippen LogP contribution is 2.71. The lowest BCUT2D eigenvalue weighted by molar-refractivity contribution is -0.115. The van der Waals surface area contributed by atoms with Crippen LogP contribution >= 0.6 is 0 Å². The fraction of sp³-hybridized carbons (Fsp3) is 0.786. The molecule has 1 nitrogen and oxygen atoms in total. The summed E-state index contributed by atoms with van der Waals surface area (Å²) in [6.45, 7) is 4.82. The summed E-state index contributed by atoms with van der Waals surface area (Å²) < 4.78 is 0. The molecule has 0 saturated heterocycles. The first kappa shape index (κ1) is 9.62. The highest BCUT2D eigenvalue weighted by Gasteiger charge is 2.62. The summed E-state index contributed by atoms with van der Waals surface area (Å²) in [6.07, 6.45) is 9.18. The lowest BCUT2D eigenvalue weighted by atomic mass is 9.69. The molecule has 0 N–H and O–H groups in total. The van der Waals surface area contributed by atoms with Crippen LogP contribution in [0.15, 0.2) is 11.6 Å². The second-order valence-electron chi connectivity index (χ2n) is 6.47. The molecule has 0 amide bonds. The largest absolute Gasteiger partial charge is 0.295 e. The van der Waals surface area contributed by atoms with E-state index < -0.39 is 0 Å². The Hall–Kier alpha value is -0.590. The average molecular weight is 204 g/mol. The topological polar surface area (TPSA) is 17.1 Å². The van der Waals surface area contributed by atoms with E-state index in [-0.39, 0.29) is 0 Å². The van der Waals surface area contributed by atoms with Crippen molar-refractivity contribution in [3.8, 4) is 0 Å². The van der Waals surface area contributed by atoms with Gasteiger partial charge in [-0.15, -0.1) is 0 Å². The maximum Gasteiger partial charge on any atom is 0.155 e. The molecule has 2 fully saturated rings. The Kier molecular flexibility index (Phi) is 1.76. The number of carbonyl (C=O) groups excluding carboxylic acids is 1. The monoisotopic (exact) mass is 204 g/mol. The minimum atomic E-state index is 0.368. The van der Waals surface area contributed by atoms with Crippen LogP contribution in [0.5, 0.6) is 0 Å². The van der Waals surface area contributed by atoms with Crippen LogP contribution in [0.4, 0.5) is 0 Å². The molecule has 0 aromatic heterocycles. The molecular weight excluding hydrogens is 184 g/mol. The van der Waals surface area contributed by atoms with E-state index in [1.165, 1.54) is 31.3 Å². The van der Waals surface area contributed by atoms with E-state index in [9.17, 15) is 4.79 Å². The van der Waals surface area contributed by atoms with Crippen LogP contribution in [0.3, 0.4) is 0 Å². The Morgan fingerprint density at radius 3 is 2.73 bits per heavy atom. The van der Waals surface area contributed by atoms with Crippen molar-refractivity contribution in [3.05, 3.63) is 11.6 Å². The summed E-state index contributed by atoms with van der Waals surface area (Å²) in [7, 11) is 0. The van der Waals surface area contributed by atoms with Gasteiger partial charge in [-0.1, -0.05) is 19.4 Å². The normalized spacial score (nSPS) is 42.4. The molecule has 3 rings (SSSR count). The van der Waals surface area contributed by atoms with E-state index in [4.69, 9.17) is 0 Å². The van der Waals surface area contributed by atoms with Gasteiger partial charge in [-0.3, -0.25) is 4.79 Å². The van der Waals surface area contributed by atoms with Crippen molar-refractivity contribution in [2.24, 2.45) is 16.7 Å². The molecule has 0 aromatic carbocycles. The van der Waals surface area contributed by atoms with Gasteiger partial charge in [0.25, 0.3) is 0 Å². The van der Waals surface area contributed by atoms with Crippen LogP contribution in [0.2, 0.25) is 0 Å². The van der Waals surface area contributed by atoms with Gasteiger partial charge >= 0.3 is 0 Å². The van der Waals surface area contributed by atoms with Crippen molar-refractivity contribution in [1.82, 2.24) is 0 Å². The van der Waals surface area contributed by atoms with Gasteiger partial charge in [-0.05, 0) is 54.9 Å². The first-order valence-corrected chi connectivity index (χ1v) is 6.26. The number of fused-ring (bicyclic) bond motifs is 1. The number of hydrogen-bond donors (Lipinski definition) is 0. The molecule has 2 unspecified atom stereocenters. The van der Waals surface area contributed by atoms with Crippen molar-refractivity contribution in [1.29, 1.82) is 0 Å². The van der Waals surface area contributed by atoms with Gasteiger partial charge in [-0.2, -0.15) is 0 Å². The SMILES string of the molecule is CC1(C)CC12CCC1=CC(=O)CCC1C2. The second-order valence-corrected chi connectivity index (χ2v) is 6.47. The number of ketones is 1. The molecule has 0 heterocycles. The number of rotatable bonds is 0. The third-order valence-corrected chi connectivity index (χ3v) is 5.23. The van der Waals surface area contributed by atoms with Gasteiger partial charge < -0.3 is 0 Å². The minimum Gasteiger partial charge on any atom is -0.295 e. The number of carbonyl (C=O) groups is 1. The fourth-order valence-electron chi connectivity index (χ4n) is 3.94. The van der Waals surface area contributed by atoms with Crippen molar-refractivity contribution in [2.45, 2.75) is 52.4 Å². The maximum atomic E-state index is 11.3. The zero-order valence-electron chi connectivity index (χ0n) is 9.81. The molecule has 2 atom stereocenters. The third-order valence-electron chi connectivity index (χ3n) is 5.23. The van der Waals surface area contributed by atoms with Crippen LogP contribution < -0.4 is 0 Å². The van der Waals surface area contributed by atoms with Crippen molar-refractivity contribution >= 4 is 5.78 Å². The first-order valence-electron chi connectivity index (χ1n) is 6.26. The van der Waals surface area contributed by atoms with E-state index in [2.05, 4.69) is 13.8 Å². The molecule has 82 valence electrons. The molecule has 2 saturated carbocycles. The van der Waals surface area contributed by atoms with Crippen molar-refractivity contribution < 1.29 is 4.79 Å². The van der Waals surface area contributed by atoms with Gasteiger partial charge in [0.1, 0.15) is 0 Å². The van der Waals surface area contributed by atoms with Gasteiger partial charge in [0.2, 0.25) is 0 Å². The molecule has 15 heavy (non-hydrogen) atoms. The van der Waals surface area contributed by atoms with Crippen LogP contribution in [0, 0.1) is 16.7 Å². The summed E-state index contributed by atoms with van der Waals surface area (Å²) in [5.41, 5.74) is 2.70. The molecule has 3 aliphatic rings. The van der Waals surface area contributed by atoms with Crippen molar-refractivity contribution in [3.63, 3.8) is 0 Å². The summed E-state index contributed by atoms with van der Waals surface area (Å²) in [6, 6.07) is 0. The predicted octanol–water partition coefficient (Wildman–Crippen LogP) is 3.49. The Morgan fingerprint density at radius 2 is 2.07 bits per heavy atom. The lowest BCUT2D eigenvalue weighted by Crippen LogP contribution is -2.26. The van der Waals surface area contributed by atoms with E-state index in [1.54, 1.807) is 0 Å². The van der Waals surface area contributed by atoms with E-state index >= 15 is 0 Å². The van der Waals surface area contributed by atoms with Crippen LogP contribution in [-0.4, -0.2) is 5.78 Å². The molecule has 1 spiro atoms. The van der Waals surface area contributed by atoms with Gasteiger partial charge in [-0.25, -0.2) is 0 Å². The predicted molar refractivity (Wildman–Crippen MR) is 60.5 cm³/mol. The lowest BCUT2D eigenvalue weighted by Gasteiger charge is -2.36. The summed E-state index contributed by atoms with van der Waals surface area (Å²) in [4.78, 5) is 11.3. The fourth-order valence-corrected chi connectivity index (χ4v) is 3.94. The van der Waals surface area contributed by atoms with Crippen LogP contribution in [0.1, 0.15) is 52.4 Å². The maximum absolute atomic E-state index is 11.3. The summed E-state index contributed by atoms with van der Waals surface area (Å²) in [5, 5.41) is 0. The Morgan fingerprint density at radius 1 is 1.33 bits per heavy atom. The molecule has 3 aliphatic carbocycles. The Bertz CT molecular complexity index is 350. The minimum absolute atomic E-state index is 0.368. The molecule has 0 radical (unpaired) electrons. The standard InChI is InChI=1S/C14H20O/c1-13(2)9-14(13)6-5-10-7-12(15)4-3-11(10)8-14/h7,11H,3-6,8-9H2,1-2H3. The smallest absolute Gasteiger partial charge is 0.155 e. The quantitative estimate of drug-likeness (QED) is 0.590. The Labute approximate surface area is 91.9 Å². The van der Waals surface area contributed by atoms with Gasteiger partial charge in [0.15, 0.2) is 5.78 Å². The zero-order valence-corrected chi connectivity index (χ0v) is 9.81. The van der Waals surface area contributed by atoms with E-state index in [0.717, 1.165) is 18.8 Å². The molecule has 0 aromatic rings. The Balaban J connectivity index is 1.81. The van der Waals surface area contributed by atoms with Gasteiger partial charge in [0, 0.05) is 6.42 Å². The summed E-state index contributed by atoms with van der Waals surface area (Å²) in [5.74, 6) is 1.12. The van der Waals surface area contributed by atoms with Crippen molar-refractivity contribution in [2.75, 3.05) is 0 Å². The molecular formula is C14H20O.